The maximum atomic E-state index is 2.54. The molecule has 5 rings (SSSR count). The quantitative estimate of drug-likeness (QED) is 0.566. The van der Waals surface area contributed by atoms with Crippen LogP contribution < -0.4 is 24.8 Å². The molecule has 0 N–H and O–H groups in total. The first-order chi connectivity index (χ1) is 13.7. The summed E-state index contributed by atoms with van der Waals surface area (Å²) in [5.74, 6) is 0.642. The molecular formula is C27H30Cl2Zr. The molecule has 0 saturated heterocycles. The number of hydrogen-bond acceptors (Lipinski definition) is 0. The first-order valence-electron chi connectivity index (χ1n) is 11.0. The topological polar surface area (TPSA) is 0 Å². The van der Waals surface area contributed by atoms with Gasteiger partial charge in [-0.15, -0.1) is 0 Å². The summed E-state index contributed by atoms with van der Waals surface area (Å²) in [6, 6.07) is 18.6. The molecule has 0 bridgehead atoms. The molecular weight excluding hydrogens is 486 g/mol. The molecule has 0 aromatic heterocycles. The van der Waals surface area contributed by atoms with Gasteiger partial charge in [-0.25, -0.2) is 0 Å². The summed E-state index contributed by atoms with van der Waals surface area (Å²) in [5.41, 5.74) is 9.46. The third-order valence-corrected chi connectivity index (χ3v) is 16.7. The van der Waals surface area contributed by atoms with Crippen LogP contribution in [-0.2, 0) is 21.3 Å². The van der Waals surface area contributed by atoms with Crippen LogP contribution in [0.15, 0.2) is 69.0 Å². The van der Waals surface area contributed by atoms with Crippen LogP contribution in [0.3, 0.4) is 0 Å². The van der Waals surface area contributed by atoms with Crippen molar-refractivity contribution in [2.45, 2.75) is 56.5 Å². The van der Waals surface area contributed by atoms with Crippen LogP contribution >= 0.6 is 0 Å². The van der Waals surface area contributed by atoms with E-state index in [1.165, 1.54) is 48.8 Å². The van der Waals surface area contributed by atoms with Crippen LogP contribution in [0.4, 0.5) is 0 Å². The van der Waals surface area contributed by atoms with Crippen LogP contribution in [0.1, 0.15) is 67.6 Å². The Morgan fingerprint density at radius 1 is 0.767 bits per heavy atom. The molecule has 1 fully saturated rings. The Balaban J connectivity index is 0.00000128. The molecule has 0 heterocycles. The number of benzene rings is 2. The minimum absolute atomic E-state index is 0. The second-order valence-corrected chi connectivity index (χ2v) is 15.4. The summed E-state index contributed by atoms with van der Waals surface area (Å²) in [6.07, 6.45) is 9.62. The van der Waals surface area contributed by atoms with Gasteiger partial charge in [-0.1, -0.05) is 0 Å². The van der Waals surface area contributed by atoms with Crippen LogP contribution in [0.5, 0.6) is 0 Å². The van der Waals surface area contributed by atoms with Crippen LogP contribution in [-0.4, -0.2) is 3.21 Å². The van der Waals surface area contributed by atoms with Gasteiger partial charge in [0.05, 0.1) is 0 Å². The van der Waals surface area contributed by atoms with Crippen molar-refractivity contribution in [1.82, 2.24) is 0 Å². The van der Waals surface area contributed by atoms with Gasteiger partial charge in [0, 0.05) is 0 Å². The van der Waals surface area contributed by atoms with Gasteiger partial charge in [-0.05, 0) is 0 Å². The van der Waals surface area contributed by atoms with E-state index in [9.17, 15) is 0 Å². The van der Waals surface area contributed by atoms with E-state index in [0.717, 1.165) is 0 Å². The van der Waals surface area contributed by atoms with Gasteiger partial charge in [0.2, 0.25) is 0 Å². The molecule has 0 radical (unpaired) electrons. The standard InChI is InChI=1S/C13H9.C8H11.C6H10.2ClH.Zr/c1-3-7-12-10(5-1)9-11-6-2-4-8-13(11)12;1-6-4-7(2)8(3)5-6;1-2-4-6-5-3-1;;;/h1-9H;4,6H,1-3H3;1-5H2;2*1H;/q;;;;;+2/p-2. The normalized spacial score (nSPS) is 19.9. The number of halogens is 2. The molecule has 0 amide bonds. The molecule has 2 aromatic carbocycles. The number of allylic oxidation sites excluding steroid dienone is 4. The smallest absolute Gasteiger partial charge is 1.00 e. The predicted molar refractivity (Wildman–Crippen MR) is 117 cm³/mol. The molecule has 1 atom stereocenters. The third kappa shape index (κ3) is 3.92. The monoisotopic (exact) mass is 514 g/mol. The van der Waals surface area contributed by atoms with Crippen molar-refractivity contribution in [2.75, 3.05) is 0 Å². The molecule has 0 spiro atoms. The van der Waals surface area contributed by atoms with E-state index in [-0.39, 0.29) is 24.8 Å². The summed E-state index contributed by atoms with van der Waals surface area (Å²) < 4.78 is 4.58. The molecule has 3 aliphatic rings. The largest absolute Gasteiger partial charge is 1.00 e. The molecule has 3 heteroatoms. The zero-order valence-corrected chi connectivity index (χ0v) is 22.1. The van der Waals surface area contributed by atoms with Gasteiger partial charge >= 0.3 is 178 Å². The number of fused-ring (bicyclic) bond motifs is 3. The summed E-state index contributed by atoms with van der Waals surface area (Å²) in [6.45, 7) is 7.22. The van der Waals surface area contributed by atoms with Crippen molar-refractivity contribution in [3.8, 4) is 11.1 Å². The Labute approximate surface area is 201 Å². The van der Waals surface area contributed by atoms with Crippen molar-refractivity contribution < 1.29 is 46.1 Å². The Hall–Kier alpha value is -0.747. The van der Waals surface area contributed by atoms with Gasteiger partial charge in [-0.2, -0.15) is 0 Å². The van der Waals surface area contributed by atoms with Crippen LogP contribution in [0, 0.1) is 5.92 Å². The molecule has 3 aliphatic carbocycles. The van der Waals surface area contributed by atoms with E-state index in [4.69, 9.17) is 0 Å². The van der Waals surface area contributed by atoms with Gasteiger partial charge < -0.3 is 24.8 Å². The molecule has 0 nitrogen and oxygen atoms in total. The molecule has 156 valence electrons. The van der Waals surface area contributed by atoms with E-state index in [1.807, 2.05) is 6.49 Å². The van der Waals surface area contributed by atoms with E-state index < -0.39 is 21.3 Å². The summed E-state index contributed by atoms with van der Waals surface area (Å²) in [4.78, 5) is 0. The fourth-order valence-corrected chi connectivity index (χ4v) is 16.4. The average Bonchev–Trinajstić information content (AvgIpc) is 3.19. The zero-order valence-electron chi connectivity index (χ0n) is 18.1. The van der Waals surface area contributed by atoms with Crippen LogP contribution in [0.25, 0.3) is 11.1 Å². The second kappa shape index (κ2) is 9.81. The fourth-order valence-electron chi connectivity index (χ4n) is 5.85. The predicted octanol–water partition coefficient (Wildman–Crippen LogP) is 1.39. The van der Waals surface area contributed by atoms with E-state index in [1.54, 1.807) is 16.7 Å². The van der Waals surface area contributed by atoms with Gasteiger partial charge in [-0.3, -0.25) is 0 Å². The van der Waals surface area contributed by atoms with E-state index in [0.29, 0.717) is 9.54 Å². The molecule has 2 aromatic rings. The Morgan fingerprint density at radius 3 is 1.80 bits per heavy atom. The molecule has 1 saturated carbocycles. The van der Waals surface area contributed by atoms with Gasteiger partial charge in [0.1, 0.15) is 0 Å². The van der Waals surface area contributed by atoms with Crippen molar-refractivity contribution in [1.29, 1.82) is 0 Å². The van der Waals surface area contributed by atoms with Gasteiger partial charge in [0.25, 0.3) is 0 Å². The summed E-state index contributed by atoms with van der Waals surface area (Å²) in [5, 5.41) is 0. The van der Waals surface area contributed by atoms with Crippen molar-refractivity contribution in [3.63, 3.8) is 0 Å². The van der Waals surface area contributed by atoms with Crippen LogP contribution in [0.2, 0.25) is 0 Å². The molecule has 0 aliphatic heterocycles. The third-order valence-electron chi connectivity index (χ3n) is 7.20. The fraction of sp³-hybridized carbons (Fsp3) is 0.370. The zero-order chi connectivity index (χ0) is 19.3. The van der Waals surface area contributed by atoms with E-state index in [2.05, 4.69) is 75.4 Å². The Bertz CT molecular complexity index is 991. The molecule has 1 unspecified atom stereocenters. The first kappa shape index (κ1) is 23.9. The Morgan fingerprint density at radius 2 is 1.30 bits per heavy atom. The minimum Gasteiger partial charge on any atom is -1.00 e. The van der Waals surface area contributed by atoms with Crippen molar-refractivity contribution in [3.05, 3.63) is 80.2 Å². The minimum atomic E-state index is -2.08. The summed E-state index contributed by atoms with van der Waals surface area (Å²) >= 11 is -2.08. The molecule has 30 heavy (non-hydrogen) atoms. The maximum absolute atomic E-state index is 2.54. The number of hydrogen-bond donors (Lipinski definition) is 0. The van der Waals surface area contributed by atoms with Crippen molar-refractivity contribution >= 4 is 3.21 Å². The SMILES string of the molecule is CC1=CC(C)[C]([Zr+2](=[C]2CCCCC2)[CH]2c3ccccc3-c3ccccc32)=C1C.[Cl-].[Cl-]. The van der Waals surface area contributed by atoms with E-state index >= 15 is 0 Å². The maximum Gasteiger partial charge on any atom is -1.00 e. The average molecular weight is 517 g/mol. The Kier molecular flexibility index (Phi) is 7.82. The first-order valence-corrected chi connectivity index (χ1v) is 14.8. The van der Waals surface area contributed by atoms with Gasteiger partial charge in [0.15, 0.2) is 0 Å². The number of rotatable bonds is 2. The summed E-state index contributed by atoms with van der Waals surface area (Å²) in [7, 11) is 0. The second-order valence-electron chi connectivity index (χ2n) is 8.86. The van der Waals surface area contributed by atoms with Crippen molar-refractivity contribution in [2.24, 2.45) is 5.92 Å².